The van der Waals surface area contributed by atoms with Crippen molar-refractivity contribution in [3.8, 4) is 0 Å². The predicted molar refractivity (Wildman–Crippen MR) is 107 cm³/mol. The highest BCUT2D eigenvalue weighted by atomic mass is 16.5. The monoisotopic (exact) mass is 374 g/mol. The van der Waals surface area contributed by atoms with Crippen LogP contribution in [0.4, 0.5) is 0 Å². The predicted octanol–water partition coefficient (Wildman–Crippen LogP) is 2.29. The minimum Gasteiger partial charge on any atom is -0.381 e. The molecule has 0 aliphatic carbocycles. The van der Waals surface area contributed by atoms with Gasteiger partial charge in [0, 0.05) is 44.3 Å². The molecule has 1 aromatic rings. The summed E-state index contributed by atoms with van der Waals surface area (Å²) in [7, 11) is 2.13. The maximum Gasteiger partial charge on any atom is 0.271 e. The van der Waals surface area contributed by atoms with Crippen LogP contribution in [0, 0.1) is 17.3 Å². The van der Waals surface area contributed by atoms with E-state index in [4.69, 9.17) is 4.74 Å². The van der Waals surface area contributed by atoms with Gasteiger partial charge in [0.15, 0.2) is 0 Å². The van der Waals surface area contributed by atoms with Crippen LogP contribution in [-0.2, 0) is 4.74 Å². The molecule has 2 fully saturated rings. The topological polar surface area (TPSA) is 58.5 Å². The Morgan fingerprint density at radius 3 is 2.63 bits per heavy atom. The molecule has 6 heteroatoms. The highest BCUT2D eigenvalue weighted by molar-refractivity contribution is 5.94. The number of rotatable bonds is 3. The normalized spacial score (nSPS) is 29.7. The van der Waals surface area contributed by atoms with Crippen molar-refractivity contribution in [3.63, 3.8) is 0 Å². The molecule has 3 atom stereocenters. The van der Waals surface area contributed by atoms with Gasteiger partial charge in [0.05, 0.1) is 0 Å². The van der Waals surface area contributed by atoms with Gasteiger partial charge in [-0.25, -0.2) is 0 Å². The van der Waals surface area contributed by atoms with Gasteiger partial charge in [-0.2, -0.15) is 0 Å². The van der Waals surface area contributed by atoms with Crippen LogP contribution >= 0.6 is 0 Å². The number of hydrogen-bond donors (Lipinski definition) is 2. The van der Waals surface area contributed by atoms with E-state index in [9.17, 15) is 4.79 Å². The summed E-state index contributed by atoms with van der Waals surface area (Å²) in [4.78, 5) is 12.9. The number of nitrogens with one attached hydrogen (secondary N) is 2. The van der Waals surface area contributed by atoms with E-state index >= 15 is 0 Å². The summed E-state index contributed by atoms with van der Waals surface area (Å²) in [6, 6.07) is 4.12. The van der Waals surface area contributed by atoms with Gasteiger partial charge in [0.2, 0.25) is 0 Å². The largest absolute Gasteiger partial charge is 0.381 e. The van der Waals surface area contributed by atoms with Crippen molar-refractivity contribution in [2.45, 2.75) is 52.1 Å². The van der Waals surface area contributed by atoms with Crippen LogP contribution < -0.4 is 15.6 Å². The van der Waals surface area contributed by atoms with E-state index in [0.717, 1.165) is 51.3 Å². The number of fused-ring (bicyclic) bond motifs is 1. The molecule has 1 unspecified atom stereocenters. The van der Waals surface area contributed by atoms with E-state index in [1.54, 1.807) is 0 Å². The van der Waals surface area contributed by atoms with E-state index in [-0.39, 0.29) is 17.5 Å². The third kappa shape index (κ3) is 3.61. The molecule has 3 aliphatic heterocycles. The molecule has 0 aromatic carbocycles. The minimum absolute atomic E-state index is 0.0262. The Labute approximate surface area is 162 Å². The molecule has 1 aromatic heterocycles. The molecule has 4 rings (SSSR count). The van der Waals surface area contributed by atoms with Crippen molar-refractivity contribution < 1.29 is 9.53 Å². The molecule has 27 heavy (non-hydrogen) atoms. The van der Waals surface area contributed by atoms with Gasteiger partial charge in [0.25, 0.3) is 5.91 Å². The Kier molecular flexibility index (Phi) is 4.97. The first kappa shape index (κ1) is 18.8. The SMILES string of the molecule is CN1C([C@@H]2CNC[C@H]2CC(C)(C)C)NC(=O)c2ccc(C3CCOCC3)n21. The van der Waals surface area contributed by atoms with Crippen LogP contribution in [0.3, 0.4) is 0 Å². The van der Waals surface area contributed by atoms with E-state index < -0.39 is 0 Å². The molecule has 2 N–H and O–H groups in total. The number of aromatic nitrogens is 1. The van der Waals surface area contributed by atoms with Crippen LogP contribution in [0.15, 0.2) is 12.1 Å². The highest BCUT2D eigenvalue weighted by Gasteiger charge is 2.42. The van der Waals surface area contributed by atoms with Crippen molar-refractivity contribution >= 4 is 5.91 Å². The molecular formula is C21H34N4O2. The second-order valence-electron chi connectivity index (χ2n) is 9.68. The van der Waals surface area contributed by atoms with E-state index in [0.29, 0.717) is 17.8 Å². The highest BCUT2D eigenvalue weighted by Crippen LogP contribution is 2.35. The summed E-state index contributed by atoms with van der Waals surface area (Å²) >= 11 is 0. The van der Waals surface area contributed by atoms with Gasteiger partial charge in [-0.3, -0.25) is 14.5 Å². The molecular weight excluding hydrogens is 340 g/mol. The Morgan fingerprint density at radius 2 is 1.93 bits per heavy atom. The van der Waals surface area contributed by atoms with Gasteiger partial charge in [-0.15, -0.1) is 0 Å². The minimum atomic E-state index is 0.0262. The number of hydrogen-bond acceptors (Lipinski definition) is 4. The van der Waals surface area contributed by atoms with Gasteiger partial charge >= 0.3 is 0 Å². The van der Waals surface area contributed by atoms with E-state index in [1.807, 2.05) is 6.07 Å². The molecule has 0 radical (unpaired) electrons. The van der Waals surface area contributed by atoms with E-state index in [2.05, 4.69) is 54.2 Å². The zero-order valence-corrected chi connectivity index (χ0v) is 17.1. The lowest BCUT2D eigenvalue weighted by Crippen LogP contribution is -2.62. The number of carbonyl (C=O) groups excluding carboxylic acids is 1. The van der Waals surface area contributed by atoms with Gasteiger partial charge in [-0.1, -0.05) is 20.8 Å². The quantitative estimate of drug-likeness (QED) is 0.852. The lowest BCUT2D eigenvalue weighted by atomic mass is 9.79. The second kappa shape index (κ2) is 7.13. The average Bonchev–Trinajstić information content (AvgIpc) is 3.25. The van der Waals surface area contributed by atoms with Crippen molar-refractivity contribution in [1.82, 2.24) is 15.3 Å². The van der Waals surface area contributed by atoms with Crippen molar-refractivity contribution in [3.05, 3.63) is 23.5 Å². The molecule has 150 valence electrons. The summed E-state index contributed by atoms with van der Waals surface area (Å²) in [5, 5.41) is 9.14. The Hall–Kier alpha value is -1.53. The van der Waals surface area contributed by atoms with Crippen LogP contribution in [0.2, 0.25) is 0 Å². The average molecular weight is 375 g/mol. The van der Waals surface area contributed by atoms with Crippen LogP contribution in [0.1, 0.15) is 62.1 Å². The molecule has 3 aliphatic rings. The van der Waals surface area contributed by atoms with Crippen LogP contribution in [-0.4, -0.2) is 50.1 Å². The van der Waals surface area contributed by atoms with Crippen molar-refractivity contribution in [2.24, 2.45) is 17.3 Å². The standard InChI is InChI=1S/C21H34N4O2/c1-21(2,3)11-15-12-22-13-16(15)19-23-20(26)18-6-5-17(25(18)24(19)4)14-7-9-27-10-8-14/h5-6,14-16,19,22H,7-13H2,1-4H3,(H,23,26)/t15-,16-,19?/m1/s1. The van der Waals surface area contributed by atoms with Crippen LogP contribution in [0.5, 0.6) is 0 Å². The molecule has 2 saturated heterocycles. The molecule has 4 heterocycles. The van der Waals surface area contributed by atoms with Crippen LogP contribution in [0.25, 0.3) is 0 Å². The fraction of sp³-hybridized carbons (Fsp3) is 0.762. The number of ether oxygens (including phenoxy) is 1. The number of carbonyl (C=O) groups is 1. The first-order valence-corrected chi connectivity index (χ1v) is 10.4. The first-order chi connectivity index (χ1) is 12.8. The third-order valence-corrected chi connectivity index (χ3v) is 6.43. The van der Waals surface area contributed by atoms with Crippen molar-refractivity contribution in [2.75, 3.05) is 38.4 Å². The maximum atomic E-state index is 12.9. The lowest BCUT2D eigenvalue weighted by molar-refractivity contribution is 0.0804. The maximum absolute atomic E-state index is 12.9. The first-order valence-electron chi connectivity index (χ1n) is 10.4. The van der Waals surface area contributed by atoms with Gasteiger partial charge < -0.3 is 15.4 Å². The molecule has 0 bridgehead atoms. The summed E-state index contributed by atoms with van der Waals surface area (Å²) in [6.07, 6.45) is 3.25. The van der Waals surface area contributed by atoms with Gasteiger partial charge in [-0.05, 0) is 49.3 Å². The molecule has 0 spiro atoms. The smallest absolute Gasteiger partial charge is 0.271 e. The zero-order chi connectivity index (χ0) is 19.2. The Bertz CT molecular complexity index is 687. The lowest BCUT2D eigenvalue weighted by Gasteiger charge is -2.43. The number of amides is 1. The Morgan fingerprint density at radius 1 is 1.19 bits per heavy atom. The zero-order valence-electron chi connectivity index (χ0n) is 17.1. The fourth-order valence-corrected chi connectivity index (χ4v) is 5.21. The third-order valence-electron chi connectivity index (χ3n) is 6.43. The summed E-state index contributed by atoms with van der Waals surface area (Å²) in [5.74, 6) is 1.50. The second-order valence-corrected chi connectivity index (χ2v) is 9.68. The molecule has 0 saturated carbocycles. The summed E-state index contributed by atoms with van der Waals surface area (Å²) in [6.45, 7) is 10.5. The van der Waals surface area contributed by atoms with Gasteiger partial charge in [0.1, 0.15) is 11.9 Å². The summed E-state index contributed by atoms with van der Waals surface area (Å²) in [5.41, 5.74) is 2.31. The van der Waals surface area contributed by atoms with E-state index in [1.165, 1.54) is 5.69 Å². The number of nitrogens with zero attached hydrogens (tertiary/aromatic N) is 2. The molecule has 6 nitrogen and oxygen atoms in total. The Balaban J connectivity index is 1.61. The van der Waals surface area contributed by atoms with Crippen molar-refractivity contribution in [1.29, 1.82) is 0 Å². The fourth-order valence-electron chi connectivity index (χ4n) is 5.21. The summed E-state index contributed by atoms with van der Waals surface area (Å²) < 4.78 is 7.73. The molecule has 1 amide bonds.